The van der Waals surface area contributed by atoms with E-state index in [2.05, 4.69) is 95.2 Å². The van der Waals surface area contributed by atoms with Crippen LogP contribution in [0.15, 0.2) is 58.5 Å². The molecule has 0 heterocycles. The van der Waals surface area contributed by atoms with E-state index in [1.54, 1.807) is 12.4 Å². The van der Waals surface area contributed by atoms with Crippen molar-refractivity contribution in [3.8, 4) is 11.5 Å². The first kappa shape index (κ1) is 38.2. The molecule has 0 aliphatic rings. The van der Waals surface area contributed by atoms with Crippen LogP contribution >= 0.6 is 0 Å². The summed E-state index contributed by atoms with van der Waals surface area (Å²) in [6.07, 6.45) is 3.45. The zero-order chi connectivity index (χ0) is 32.3. The number of aromatic hydroxyl groups is 2. The van der Waals surface area contributed by atoms with Gasteiger partial charge >= 0.3 is 0 Å². The molecule has 5 heteroatoms. The number of phenols is 2. The first-order chi connectivity index (χ1) is 19.2. The van der Waals surface area contributed by atoms with Crippen LogP contribution in [0.3, 0.4) is 0 Å². The molecular weight excluding hydrogens is 568 g/mol. The third-order valence-electron chi connectivity index (χ3n) is 7.19. The van der Waals surface area contributed by atoms with Crippen LogP contribution in [0.25, 0.3) is 0 Å². The van der Waals surface area contributed by atoms with Gasteiger partial charge in [0.15, 0.2) is 0 Å². The topological polar surface area (TPSA) is 65.2 Å². The van der Waals surface area contributed by atoms with Crippen molar-refractivity contribution in [2.45, 2.75) is 119 Å². The standard InChI is InChI=1S/C36H48N2O2.C2H6.Cr/c1-33(2,3)25-17-23(31(39)27(19-25)35(7,8)9)21-37-29-15-13-14-16-30(29)38-22-24-18-26(34(4,5)6)20-28(32(24)40)36(10,11)12;1-2;/h13-22,39-40H,1-12H3;1-2H3;. The van der Waals surface area contributed by atoms with Gasteiger partial charge in [0.25, 0.3) is 0 Å². The minimum atomic E-state index is -0.217. The maximum Gasteiger partial charge on any atom is 0.128 e. The summed E-state index contributed by atoms with van der Waals surface area (Å²) in [6, 6.07) is 15.9. The van der Waals surface area contributed by atoms with Gasteiger partial charge in [-0.3, -0.25) is 9.98 Å². The zero-order valence-electron chi connectivity index (χ0n) is 29.0. The average molecular weight is 623 g/mol. The molecule has 3 aromatic carbocycles. The molecule has 3 rings (SSSR count). The molecule has 0 aromatic heterocycles. The molecule has 0 amide bonds. The number of hydrogen-bond acceptors (Lipinski definition) is 4. The normalized spacial score (nSPS) is 12.7. The van der Waals surface area contributed by atoms with E-state index < -0.39 is 0 Å². The Morgan fingerprint density at radius 1 is 0.512 bits per heavy atom. The molecule has 2 N–H and O–H groups in total. The second kappa shape index (κ2) is 14.3. The van der Waals surface area contributed by atoms with E-state index in [0.29, 0.717) is 22.5 Å². The Balaban J connectivity index is 0.00000302. The maximum atomic E-state index is 11.2. The van der Waals surface area contributed by atoms with Crippen molar-refractivity contribution < 1.29 is 27.6 Å². The molecule has 0 saturated heterocycles. The fourth-order valence-electron chi connectivity index (χ4n) is 4.48. The number of rotatable bonds is 4. The number of hydrogen-bond donors (Lipinski definition) is 2. The molecule has 3 aromatic rings. The SMILES string of the molecule is CC.CC(C)(C)c1cc(C=Nc2ccccc2N=Cc2cc(C(C)(C)C)cc(C(C)(C)C)c2O)c(O)c(C(C)(C)C)c1.[Cr]. The minimum absolute atomic E-state index is 0. The van der Waals surface area contributed by atoms with Gasteiger partial charge in [-0.05, 0) is 57.1 Å². The molecule has 234 valence electrons. The third-order valence-corrected chi connectivity index (χ3v) is 7.19. The molecule has 0 unspecified atom stereocenters. The van der Waals surface area contributed by atoms with Gasteiger partial charge in [-0.25, -0.2) is 0 Å². The molecule has 0 saturated carbocycles. The van der Waals surface area contributed by atoms with Gasteiger partial charge in [0.2, 0.25) is 0 Å². The maximum absolute atomic E-state index is 11.2. The van der Waals surface area contributed by atoms with E-state index in [1.165, 1.54) is 0 Å². The van der Waals surface area contributed by atoms with Crippen molar-refractivity contribution in [3.05, 3.63) is 81.9 Å². The number of nitrogens with zero attached hydrogens (tertiary/aromatic N) is 2. The summed E-state index contributed by atoms with van der Waals surface area (Å²) in [5.74, 6) is 0.507. The van der Waals surface area contributed by atoms with E-state index >= 15 is 0 Å². The number of benzene rings is 3. The van der Waals surface area contributed by atoms with Crippen molar-refractivity contribution in [1.29, 1.82) is 0 Å². The van der Waals surface area contributed by atoms with Gasteiger partial charge in [0, 0.05) is 52.0 Å². The van der Waals surface area contributed by atoms with E-state index in [-0.39, 0.29) is 50.5 Å². The first-order valence-corrected chi connectivity index (χ1v) is 15.1. The Morgan fingerprint density at radius 2 is 0.814 bits per heavy atom. The number of para-hydroxylation sites is 2. The van der Waals surface area contributed by atoms with Crippen LogP contribution < -0.4 is 0 Å². The summed E-state index contributed by atoms with van der Waals surface area (Å²) in [6.45, 7) is 29.7. The fourth-order valence-corrected chi connectivity index (χ4v) is 4.48. The first-order valence-electron chi connectivity index (χ1n) is 15.1. The summed E-state index contributed by atoms with van der Waals surface area (Å²) in [4.78, 5) is 9.54. The zero-order valence-corrected chi connectivity index (χ0v) is 30.2. The van der Waals surface area contributed by atoms with Crippen molar-refractivity contribution in [3.63, 3.8) is 0 Å². The second-order valence-electron chi connectivity index (χ2n) is 14.9. The summed E-state index contributed by atoms with van der Waals surface area (Å²) >= 11 is 0. The van der Waals surface area contributed by atoms with Crippen LogP contribution in [0, 0.1) is 0 Å². The summed E-state index contributed by atoms with van der Waals surface area (Å²) in [7, 11) is 0. The molecule has 0 atom stereocenters. The van der Waals surface area contributed by atoms with Crippen LogP contribution in [0.1, 0.15) is 130 Å². The molecular formula is C38H54CrN2O2. The Morgan fingerprint density at radius 3 is 1.07 bits per heavy atom. The summed E-state index contributed by atoms with van der Waals surface area (Å²) in [5, 5.41) is 22.4. The van der Waals surface area contributed by atoms with E-state index in [9.17, 15) is 10.2 Å². The largest absolute Gasteiger partial charge is 0.507 e. The van der Waals surface area contributed by atoms with Crippen LogP contribution in [-0.2, 0) is 39.0 Å². The second-order valence-corrected chi connectivity index (χ2v) is 14.9. The molecule has 0 aliphatic heterocycles. The van der Waals surface area contributed by atoms with Gasteiger partial charge in [0.1, 0.15) is 11.5 Å². The molecule has 0 spiro atoms. The predicted molar refractivity (Wildman–Crippen MR) is 183 cm³/mol. The van der Waals surface area contributed by atoms with Gasteiger partial charge in [-0.2, -0.15) is 0 Å². The van der Waals surface area contributed by atoms with Gasteiger partial charge < -0.3 is 10.2 Å². The van der Waals surface area contributed by atoms with Gasteiger partial charge in [0.05, 0.1) is 11.4 Å². The Bertz CT molecular complexity index is 1330. The Hall–Kier alpha value is -2.87. The van der Waals surface area contributed by atoms with Crippen LogP contribution in [-0.4, -0.2) is 22.6 Å². The van der Waals surface area contributed by atoms with Crippen molar-refractivity contribution in [2.75, 3.05) is 0 Å². The van der Waals surface area contributed by atoms with Crippen LogP contribution in [0.5, 0.6) is 11.5 Å². The minimum Gasteiger partial charge on any atom is -0.507 e. The number of aliphatic imine (C=N–C) groups is 2. The van der Waals surface area contributed by atoms with Gasteiger partial charge in [-0.15, -0.1) is 0 Å². The van der Waals surface area contributed by atoms with Crippen molar-refractivity contribution in [1.82, 2.24) is 0 Å². The van der Waals surface area contributed by atoms with Crippen molar-refractivity contribution >= 4 is 23.8 Å². The molecule has 0 fully saturated rings. The Labute approximate surface area is 272 Å². The van der Waals surface area contributed by atoms with E-state index in [0.717, 1.165) is 22.3 Å². The van der Waals surface area contributed by atoms with Crippen molar-refractivity contribution in [2.24, 2.45) is 9.98 Å². The monoisotopic (exact) mass is 622 g/mol. The van der Waals surface area contributed by atoms with Crippen LogP contribution in [0.2, 0.25) is 0 Å². The number of phenolic OH excluding ortho intramolecular Hbond substituents is 2. The Kier molecular flexibility index (Phi) is 12.7. The van der Waals surface area contributed by atoms with Crippen LogP contribution in [0.4, 0.5) is 11.4 Å². The average Bonchev–Trinajstić information content (AvgIpc) is 2.86. The predicted octanol–water partition coefficient (Wildman–Crippen LogP) is 10.8. The van der Waals surface area contributed by atoms with E-state index in [1.807, 2.05) is 50.2 Å². The summed E-state index contributed by atoms with van der Waals surface area (Å²) in [5.41, 5.74) is 6.23. The molecule has 4 nitrogen and oxygen atoms in total. The quantitative estimate of drug-likeness (QED) is 0.284. The molecule has 43 heavy (non-hydrogen) atoms. The molecule has 0 aliphatic carbocycles. The summed E-state index contributed by atoms with van der Waals surface area (Å²) < 4.78 is 0. The third kappa shape index (κ3) is 9.82. The van der Waals surface area contributed by atoms with E-state index in [4.69, 9.17) is 9.98 Å². The molecule has 0 bridgehead atoms. The fraction of sp³-hybridized carbons (Fsp3) is 0.474. The van der Waals surface area contributed by atoms with Gasteiger partial charge in [-0.1, -0.05) is 121 Å². The molecule has 0 radical (unpaired) electrons. The smallest absolute Gasteiger partial charge is 0.128 e.